The molecule has 5 nitrogen and oxygen atoms in total. The maximum Gasteiger partial charge on any atom is 0.407 e. The Balaban J connectivity index is 2.26. The van der Waals surface area contributed by atoms with E-state index in [2.05, 4.69) is 23.3 Å². The number of thiol groups is 1. The molecule has 1 aromatic carbocycles. The summed E-state index contributed by atoms with van der Waals surface area (Å²) in [4.78, 5) is 23.9. The zero-order chi connectivity index (χ0) is 15.2. The van der Waals surface area contributed by atoms with Gasteiger partial charge in [-0.15, -0.1) is 12.6 Å². The predicted octanol–water partition coefficient (Wildman–Crippen LogP) is 2.23. The smallest absolute Gasteiger partial charge is 0.407 e. The van der Waals surface area contributed by atoms with Gasteiger partial charge in [-0.25, -0.2) is 4.79 Å². The van der Waals surface area contributed by atoms with Crippen molar-refractivity contribution in [2.75, 3.05) is 13.2 Å². The first-order valence-corrected chi connectivity index (χ1v) is 6.75. The molecule has 0 fully saturated rings. The van der Waals surface area contributed by atoms with E-state index >= 15 is 0 Å². The Kier molecular flexibility index (Phi) is 5.88. The number of benzene rings is 1. The fourth-order valence-electron chi connectivity index (χ4n) is 1.37. The van der Waals surface area contributed by atoms with Crippen molar-refractivity contribution in [2.24, 2.45) is 0 Å². The molecule has 20 heavy (non-hydrogen) atoms. The minimum Gasteiger partial charge on any atom is -0.448 e. The molecule has 0 saturated carbocycles. The third kappa shape index (κ3) is 6.47. The Morgan fingerprint density at radius 2 is 1.80 bits per heavy atom. The Bertz CT molecular complexity index is 466. The van der Waals surface area contributed by atoms with E-state index in [0.29, 0.717) is 5.56 Å². The van der Waals surface area contributed by atoms with Gasteiger partial charge in [0.05, 0.1) is 6.54 Å². The molecule has 2 N–H and O–H groups in total. The van der Waals surface area contributed by atoms with Gasteiger partial charge in [-0.1, -0.05) is 0 Å². The molecule has 0 aromatic heterocycles. The average molecular weight is 296 g/mol. The summed E-state index contributed by atoms with van der Waals surface area (Å²) in [6.07, 6.45) is -0.494. The molecule has 0 spiro atoms. The second kappa shape index (κ2) is 7.19. The highest BCUT2D eigenvalue weighted by atomic mass is 32.1. The maximum absolute atomic E-state index is 11.7. The van der Waals surface area contributed by atoms with E-state index in [9.17, 15) is 9.59 Å². The molecule has 0 bridgehead atoms. The number of carbonyl (C=O) groups is 2. The van der Waals surface area contributed by atoms with Crippen LogP contribution in [0.15, 0.2) is 29.2 Å². The number of hydrogen-bond donors (Lipinski definition) is 3. The summed E-state index contributed by atoms with van der Waals surface area (Å²) in [5, 5.41) is 5.33. The van der Waals surface area contributed by atoms with Crippen molar-refractivity contribution in [3.05, 3.63) is 29.8 Å². The predicted molar refractivity (Wildman–Crippen MR) is 80.3 cm³/mol. The van der Waals surface area contributed by atoms with Crippen molar-refractivity contribution in [1.29, 1.82) is 0 Å². The zero-order valence-corrected chi connectivity index (χ0v) is 12.8. The minimum absolute atomic E-state index is 0.123. The molecule has 0 unspecified atom stereocenters. The van der Waals surface area contributed by atoms with Crippen molar-refractivity contribution < 1.29 is 14.3 Å². The normalized spacial score (nSPS) is 10.8. The maximum atomic E-state index is 11.7. The van der Waals surface area contributed by atoms with Crippen LogP contribution in [0.4, 0.5) is 4.79 Å². The van der Waals surface area contributed by atoms with Crippen LogP contribution in [0.2, 0.25) is 0 Å². The highest BCUT2D eigenvalue weighted by molar-refractivity contribution is 7.80. The van der Waals surface area contributed by atoms with Crippen LogP contribution >= 0.6 is 12.6 Å². The van der Waals surface area contributed by atoms with Gasteiger partial charge in [0.1, 0.15) is 6.61 Å². The quantitative estimate of drug-likeness (QED) is 0.589. The molecule has 1 aromatic rings. The van der Waals surface area contributed by atoms with Crippen LogP contribution in [0.1, 0.15) is 31.1 Å². The van der Waals surface area contributed by atoms with Crippen LogP contribution in [0.25, 0.3) is 0 Å². The van der Waals surface area contributed by atoms with Crippen LogP contribution in [0.3, 0.4) is 0 Å². The highest BCUT2D eigenvalue weighted by Gasteiger charge is 2.14. The van der Waals surface area contributed by atoms with Gasteiger partial charge in [-0.3, -0.25) is 4.79 Å². The Hall–Kier alpha value is -1.69. The Labute approximate surface area is 124 Å². The minimum atomic E-state index is -0.494. The van der Waals surface area contributed by atoms with Gasteiger partial charge in [-0.2, -0.15) is 0 Å². The first-order chi connectivity index (χ1) is 9.28. The van der Waals surface area contributed by atoms with E-state index in [4.69, 9.17) is 4.74 Å². The number of carbonyl (C=O) groups excluding carboxylic acids is 2. The summed E-state index contributed by atoms with van der Waals surface area (Å²) in [6.45, 7) is 5.97. The molecule has 110 valence electrons. The van der Waals surface area contributed by atoms with E-state index in [1.54, 1.807) is 24.3 Å². The third-order valence-electron chi connectivity index (χ3n) is 2.23. The van der Waals surface area contributed by atoms with Gasteiger partial charge in [0.25, 0.3) is 5.91 Å². The van der Waals surface area contributed by atoms with E-state index in [-0.39, 0.29) is 24.6 Å². The van der Waals surface area contributed by atoms with Gasteiger partial charge < -0.3 is 15.4 Å². The van der Waals surface area contributed by atoms with Gasteiger partial charge >= 0.3 is 6.09 Å². The first kappa shape index (κ1) is 16.4. The van der Waals surface area contributed by atoms with Crippen molar-refractivity contribution in [1.82, 2.24) is 10.6 Å². The standard InChI is InChI=1S/C14H20N2O3S/c1-14(2,3)16-13(18)19-9-8-15-12(17)10-4-6-11(20)7-5-10/h4-7,20H,8-9H2,1-3H3,(H,15,17)(H,16,18). The van der Waals surface area contributed by atoms with Crippen molar-refractivity contribution in [2.45, 2.75) is 31.2 Å². The molecule has 0 aliphatic heterocycles. The molecule has 1 rings (SSSR count). The number of rotatable bonds is 4. The second-order valence-corrected chi connectivity index (χ2v) is 5.83. The van der Waals surface area contributed by atoms with Crippen LogP contribution in [-0.4, -0.2) is 30.7 Å². The summed E-state index contributed by atoms with van der Waals surface area (Å²) in [7, 11) is 0. The summed E-state index contributed by atoms with van der Waals surface area (Å²) in [5.74, 6) is -0.210. The fraction of sp³-hybridized carbons (Fsp3) is 0.429. The van der Waals surface area contributed by atoms with Crippen LogP contribution in [0, 0.1) is 0 Å². The molecule has 0 aliphatic carbocycles. The van der Waals surface area contributed by atoms with Crippen LogP contribution in [0.5, 0.6) is 0 Å². The average Bonchev–Trinajstić information content (AvgIpc) is 2.33. The third-order valence-corrected chi connectivity index (χ3v) is 2.53. The molecule has 2 amide bonds. The highest BCUT2D eigenvalue weighted by Crippen LogP contribution is 2.07. The van der Waals surface area contributed by atoms with E-state index in [0.717, 1.165) is 4.90 Å². The lowest BCUT2D eigenvalue weighted by molar-refractivity contribution is 0.0931. The molecule has 6 heteroatoms. The van der Waals surface area contributed by atoms with Gasteiger partial charge in [0.15, 0.2) is 0 Å². The summed E-state index contributed by atoms with van der Waals surface area (Å²) >= 11 is 4.15. The topological polar surface area (TPSA) is 67.4 Å². The Morgan fingerprint density at radius 3 is 2.35 bits per heavy atom. The number of alkyl carbamates (subject to hydrolysis) is 1. The summed E-state index contributed by atoms with van der Waals surface area (Å²) in [6, 6.07) is 6.85. The largest absolute Gasteiger partial charge is 0.448 e. The lowest BCUT2D eigenvalue weighted by Gasteiger charge is -2.19. The fourth-order valence-corrected chi connectivity index (χ4v) is 1.51. The number of amides is 2. The van der Waals surface area contributed by atoms with Gasteiger partial charge in [0, 0.05) is 16.0 Å². The van der Waals surface area contributed by atoms with E-state index < -0.39 is 6.09 Å². The van der Waals surface area contributed by atoms with Crippen molar-refractivity contribution >= 4 is 24.6 Å². The lowest BCUT2D eigenvalue weighted by atomic mass is 10.1. The number of nitrogens with one attached hydrogen (secondary N) is 2. The monoisotopic (exact) mass is 296 g/mol. The molecule has 0 saturated heterocycles. The molecule has 0 heterocycles. The van der Waals surface area contributed by atoms with E-state index in [1.165, 1.54) is 0 Å². The Morgan fingerprint density at radius 1 is 1.20 bits per heavy atom. The number of ether oxygens (including phenoxy) is 1. The number of hydrogen-bond acceptors (Lipinski definition) is 4. The zero-order valence-electron chi connectivity index (χ0n) is 11.9. The first-order valence-electron chi connectivity index (χ1n) is 6.30. The van der Waals surface area contributed by atoms with Crippen molar-refractivity contribution in [3.63, 3.8) is 0 Å². The van der Waals surface area contributed by atoms with Crippen LogP contribution < -0.4 is 10.6 Å². The van der Waals surface area contributed by atoms with Crippen molar-refractivity contribution in [3.8, 4) is 0 Å². The van der Waals surface area contributed by atoms with Crippen LogP contribution in [-0.2, 0) is 4.74 Å². The lowest BCUT2D eigenvalue weighted by Crippen LogP contribution is -2.41. The van der Waals surface area contributed by atoms with Gasteiger partial charge in [-0.05, 0) is 45.0 Å². The summed E-state index contributed by atoms with van der Waals surface area (Å²) in [5.41, 5.74) is 0.205. The molecule has 0 atom stereocenters. The van der Waals surface area contributed by atoms with Gasteiger partial charge in [0.2, 0.25) is 0 Å². The molecule has 0 radical (unpaired) electrons. The molecular weight excluding hydrogens is 276 g/mol. The second-order valence-electron chi connectivity index (χ2n) is 5.31. The molecular formula is C14H20N2O3S. The SMILES string of the molecule is CC(C)(C)NC(=O)OCCNC(=O)c1ccc(S)cc1. The summed E-state index contributed by atoms with van der Waals surface area (Å²) < 4.78 is 4.95. The molecule has 0 aliphatic rings. The van der Waals surface area contributed by atoms with E-state index in [1.807, 2.05) is 20.8 Å².